The molecule has 90 valence electrons. The van der Waals surface area contributed by atoms with Crippen LogP contribution in [0.25, 0.3) is 0 Å². The minimum Gasteiger partial charge on any atom is -0.510 e. The lowest BCUT2D eigenvalue weighted by atomic mass is 9.96. The highest BCUT2D eigenvalue weighted by Gasteiger charge is 2.14. The highest BCUT2D eigenvalue weighted by Crippen LogP contribution is 2.21. The first kappa shape index (κ1) is 12.7. The van der Waals surface area contributed by atoms with Crippen molar-refractivity contribution in [2.45, 2.75) is 45.1 Å². The molecule has 1 aliphatic rings. The molecular weight excluding hydrogens is 206 g/mol. The number of aliphatic hydroxyl groups is 1. The third-order valence-electron chi connectivity index (χ3n) is 2.68. The number of azo groups is 1. The summed E-state index contributed by atoms with van der Waals surface area (Å²) in [5.74, 6) is -0.501. The van der Waals surface area contributed by atoms with Crippen molar-refractivity contribution < 1.29 is 9.90 Å². The molecule has 0 atom stereocenters. The molecule has 1 amide bonds. The fourth-order valence-electron chi connectivity index (χ4n) is 1.74. The van der Waals surface area contributed by atoms with Gasteiger partial charge in [-0.25, -0.2) is 0 Å². The van der Waals surface area contributed by atoms with Gasteiger partial charge < -0.3 is 10.4 Å². The second-order valence-corrected chi connectivity index (χ2v) is 4.02. The van der Waals surface area contributed by atoms with Crippen LogP contribution in [0, 0.1) is 0 Å². The molecule has 2 N–H and O–H groups in total. The van der Waals surface area contributed by atoms with Crippen molar-refractivity contribution in [1.29, 1.82) is 0 Å². The number of amides is 1. The van der Waals surface area contributed by atoms with Crippen molar-refractivity contribution in [3.8, 4) is 0 Å². The Balaban J connectivity index is 2.64. The van der Waals surface area contributed by atoms with Crippen molar-refractivity contribution in [3.05, 3.63) is 11.5 Å². The minimum atomic E-state index is -0.403. The molecule has 0 spiro atoms. The van der Waals surface area contributed by atoms with Crippen molar-refractivity contribution in [1.82, 2.24) is 5.32 Å². The number of likely N-dealkylation sites (N-methyl/N-ethyl adjacent to an activating group) is 1. The Labute approximate surface area is 95.6 Å². The third kappa shape index (κ3) is 3.64. The Kier molecular flexibility index (Phi) is 4.95. The summed E-state index contributed by atoms with van der Waals surface area (Å²) in [7, 11) is 1.50. The molecule has 1 aliphatic carbocycles. The van der Waals surface area contributed by atoms with E-state index in [0.717, 1.165) is 12.8 Å². The molecule has 0 heterocycles. The van der Waals surface area contributed by atoms with E-state index < -0.39 is 5.91 Å². The average molecular weight is 225 g/mol. The van der Waals surface area contributed by atoms with E-state index in [4.69, 9.17) is 0 Å². The topological polar surface area (TPSA) is 74.0 Å². The quantitative estimate of drug-likeness (QED) is 0.439. The first-order valence-corrected chi connectivity index (χ1v) is 5.68. The fourth-order valence-corrected chi connectivity index (χ4v) is 1.74. The number of nitrogens with zero attached hydrogens (tertiary/aromatic N) is 2. The lowest BCUT2D eigenvalue weighted by Crippen LogP contribution is -2.20. The SMILES string of the molecule is CNC(=O)C(N=NC1CCCCC1)=C(C)O. The molecular formula is C11H19N3O2. The van der Waals surface area contributed by atoms with Gasteiger partial charge in [-0.15, -0.1) is 5.11 Å². The van der Waals surface area contributed by atoms with Gasteiger partial charge in [0.15, 0.2) is 5.70 Å². The van der Waals surface area contributed by atoms with Gasteiger partial charge in [0.25, 0.3) is 5.91 Å². The van der Waals surface area contributed by atoms with Crippen LogP contribution in [0.1, 0.15) is 39.0 Å². The van der Waals surface area contributed by atoms with Crippen LogP contribution in [0.15, 0.2) is 21.7 Å². The van der Waals surface area contributed by atoms with E-state index in [2.05, 4.69) is 15.5 Å². The van der Waals surface area contributed by atoms with Crippen molar-refractivity contribution in [2.75, 3.05) is 7.05 Å². The molecule has 0 aliphatic heterocycles. The van der Waals surface area contributed by atoms with Gasteiger partial charge in [0, 0.05) is 7.05 Å². The van der Waals surface area contributed by atoms with Crippen LogP contribution in [0.5, 0.6) is 0 Å². The standard InChI is InChI=1S/C11H19N3O2/c1-8(15)10(11(16)12-2)14-13-9-6-4-3-5-7-9/h9,15H,3-7H2,1-2H3,(H,12,16). The largest absolute Gasteiger partial charge is 0.510 e. The Hall–Kier alpha value is -1.39. The zero-order valence-corrected chi connectivity index (χ0v) is 9.86. The smallest absolute Gasteiger partial charge is 0.275 e. The lowest BCUT2D eigenvalue weighted by Gasteiger charge is -2.16. The number of carbonyl (C=O) groups excluding carboxylic acids is 1. The van der Waals surface area contributed by atoms with Crippen molar-refractivity contribution in [2.24, 2.45) is 10.2 Å². The number of rotatable bonds is 3. The second kappa shape index (κ2) is 6.25. The third-order valence-corrected chi connectivity index (χ3v) is 2.68. The number of carbonyl (C=O) groups is 1. The predicted octanol–water partition coefficient (Wildman–Crippen LogP) is 2.31. The van der Waals surface area contributed by atoms with E-state index >= 15 is 0 Å². The number of allylic oxidation sites excluding steroid dienone is 1. The fraction of sp³-hybridized carbons (Fsp3) is 0.727. The maximum Gasteiger partial charge on any atom is 0.275 e. The molecule has 1 fully saturated rings. The number of aliphatic hydroxyl groups excluding tert-OH is 1. The van der Waals surface area contributed by atoms with Gasteiger partial charge in [-0.1, -0.05) is 19.3 Å². The summed E-state index contributed by atoms with van der Waals surface area (Å²) in [6.45, 7) is 1.43. The molecule has 1 saturated carbocycles. The van der Waals surface area contributed by atoms with Gasteiger partial charge in [0.1, 0.15) is 5.76 Å². The molecule has 0 bridgehead atoms. The van der Waals surface area contributed by atoms with Crippen LogP contribution >= 0.6 is 0 Å². The first-order chi connectivity index (χ1) is 7.65. The Morgan fingerprint density at radius 2 is 1.94 bits per heavy atom. The van der Waals surface area contributed by atoms with Gasteiger partial charge in [-0.3, -0.25) is 4.79 Å². The molecule has 0 aromatic rings. The predicted molar refractivity (Wildman–Crippen MR) is 61.1 cm³/mol. The molecule has 0 aromatic heterocycles. The van der Waals surface area contributed by atoms with Gasteiger partial charge >= 0.3 is 0 Å². The van der Waals surface area contributed by atoms with E-state index in [1.54, 1.807) is 0 Å². The van der Waals surface area contributed by atoms with Crippen LogP contribution in [-0.4, -0.2) is 24.1 Å². The van der Waals surface area contributed by atoms with Crippen LogP contribution in [0.2, 0.25) is 0 Å². The van der Waals surface area contributed by atoms with E-state index in [0.29, 0.717) is 0 Å². The Morgan fingerprint density at radius 1 is 1.31 bits per heavy atom. The summed E-state index contributed by atoms with van der Waals surface area (Å²) in [5, 5.41) is 19.7. The summed E-state index contributed by atoms with van der Waals surface area (Å²) in [6, 6.07) is 0.202. The van der Waals surface area contributed by atoms with Crippen molar-refractivity contribution >= 4 is 5.91 Å². The summed E-state index contributed by atoms with van der Waals surface area (Å²) in [4.78, 5) is 11.3. The maximum absolute atomic E-state index is 11.3. The minimum absolute atomic E-state index is 0.00748. The summed E-state index contributed by atoms with van der Waals surface area (Å²) in [5.41, 5.74) is 0.00748. The first-order valence-electron chi connectivity index (χ1n) is 5.68. The molecule has 5 heteroatoms. The summed E-state index contributed by atoms with van der Waals surface area (Å²) < 4.78 is 0. The molecule has 0 radical (unpaired) electrons. The molecule has 1 rings (SSSR count). The summed E-state index contributed by atoms with van der Waals surface area (Å²) in [6.07, 6.45) is 5.63. The molecule has 5 nitrogen and oxygen atoms in total. The molecule has 16 heavy (non-hydrogen) atoms. The van der Waals surface area contributed by atoms with Crippen LogP contribution in [-0.2, 0) is 4.79 Å². The summed E-state index contributed by atoms with van der Waals surface area (Å²) >= 11 is 0. The van der Waals surface area contributed by atoms with Gasteiger partial charge in [-0.2, -0.15) is 5.11 Å². The van der Waals surface area contributed by atoms with Gasteiger partial charge in [0.2, 0.25) is 0 Å². The van der Waals surface area contributed by atoms with Crippen LogP contribution < -0.4 is 5.32 Å². The molecule has 0 unspecified atom stereocenters. The number of hydrogen-bond donors (Lipinski definition) is 2. The lowest BCUT2D eigenvalue weighted by molar-refractivity contribution is -0.117. The van der Waals surface area contributed by atoms with E-state index in [9.17, 15) is 9.90 Å². The monoisotopic (exact) mass is 225 g/mol. The number of hydrogen-bond acceptors (Lipinski definition) is 4. The van der Waals surface area contributed by atoms with Crippen molar-refractivity contribution in [3.63, 3.8) is 0 Å². The van der Waals surface area contributed by atoms with Crippen LogP contribution in [0.3, 0.4) is 0 Å². The maximum atomic E-state index is 11.3. The highest BCUT2D eigenvalue weighted by atomic mass is 16.3. The Bertz CT molecular complexity index is 300. The van der Waals surface area contributed by atoms with Gasteiger partial charge in [0.05, 0.1) is 6.04 Å². The van der Waals surface area contributed by atoms with E-state index in [1.807, 2.05) is 0 Å². The normalized spacial score (nSPS) is 19.6. The van der Waals surface area contributed by atoms with Gasteiger partial charge in [-0.05, 0) is 19.8 Å². The highest BCUT2D eigenvalue weighted by molar-refractivity contribution is 5.92. The molecule has 0 saturated heterocycles. The Morgan fingerprint density at radius 3 is 2.44 bits per heavy atom. The zero-order valence-electron chi connectivity index (χ0n) is 9.86. The molecule has 0 aromatic carbocycles. The average Bonchev–Trinajstić information content (AvgIpc) is 2.30. The van der Waals surface area contributed by atoms with E-state index in [-0.39, 0.29) is 17.5 Å². The number of nitrogens with one attached hydrogen (secondary N) is 1. The van der Waals surface area contributed by atoms with Crippen LogP contribution in [0.4, 0.5) is 0 Å². The zero-order chi connectivity index (χ0) is 12.0. The van der Waals surface area contributed by atoms with E-state index in [1.165, 1.54) is 33.2 Å². The second-order valence-electron chi connectivity index (χ2n) is 4.02.